The monoisotopic (exact) mass is 514 g/mol. The second-order valence-electron chi connectivity index (χ2n) is 5.91. The maximum absolute atomic E-state index is 4.62. The molecule has 4 nitrogen and oxygen atoms in total. The van der Waals surface area contributed by atoms with E-state index in [1.807, 2.05) is 42.5 Å². The van der Waals surface area contributed by atoms with Gasteiger partial charge in [0.1, 0.15) is 0 Å². The molecule has 5 heterocycles. The number of nitrogens with zero attached hydrogens (tertiary/aromatic N) is 2. The largest absolute Gasteiger partial charge is 0.355 e. The predicted octanol–water partition coefficient (Wildman–Crippen LogP) is 4.65. The summed E-state index contributed by atoms with van der Waals surface area (Å²) < 4.78 is 0. The van der Waals surface area contributed by atoms with E-state index in [9.17, 15) is 0 Å². The number of H-pyrrole nitrogens is 2. The molecule has 0 saturated carbocycles. The third-order valence-electron chi connectivity index (χ3n) is 4.04. The molecule has 0 fully saturated rings. The van der Waals surface area contributed by atoms with Gasteiger partial charge < -0.3 is 9.97 Å². The number of aromatic amines is 2. The van der Waals surface area contributed by atoms with Gasteiger partial charge in [0, 0.05) is 61.0 Å². The fourth-order valence-electron chi connectivity index (χ4n) is 2.94. The molecule has 2 aliphatic rings. The molecule has 0 radical (unpaired) electrons. The maximum atomic E-state index is 4.62. The van der Waals surface area contributed by atoms with Crippen LogP contribution >= 0.6 is 0 Å². The summed E-state index contributed by atoms with van der Waals surface area (Å²) in [5.74, 6) is 0. The fourth-order valence-corrected chi connectivity index (χ4v) is 2.94. The van der Waals surface area contributed by atoms with E-state index < -0.39 is 0 Å². The minimum Gasteiger partial charge on any atom is -0.355 e. The number of hydrogen-bond donors (Lipinski definition) is 2. The fraction of sp³-hybridized carbons (Fsp3) is 0. The van der Waals surface area contributed by atoms with Gasteiger partial charge in [-0.2, -0.15) is 0 Å². The molecule has 0 saturated heterocycles. The van der Waals surface area contributed by atoms with Crippen molar-refractivity contribution >= 4 is 46.4 Å². The maximum Gasteiger partial charge on any atom is 0.0659 e. The van der Waals surface area contributed by atoms with Crippen molar-refractivity contribution in [3.8, 4) is 0 Å². The number of fused-ring (bicyclic) bond motifs is 8. The van der Waals surface area contributed by atoms with E-state index in [0.717, 1.165) is 44.8 Å². The van der Waals surface area contributed by atoms with Crippen LogP contribution in [0, 0.1) is 0 Å². The van der Waals surface area contributed by atoms with Crippen molar-refractivity contribution in [1.82, 2.24) is 19.9 Å². The Bertz CT molecular complexity index is 1080. The number of rotatable bonds is 0. The van der Waals surface area contributed by atoms with Crippen LogP contribution in [0.5, 0.6) is 0 Å². The number of nitrogens with one attached hydrogen (secondary N) is 2. The van der Waals surface area contributed by atoms with Crippen molar-refractivity contribution in [2.24, 2.45) is 0 Å². The molecule has 6 heteroatoms. The van der Waals surface area contributed by atoms with Crippen LogP contribution in [0.4, 0.5) is 0 Å². The first kappa shape index (κ1) is 18.6. The quantitative estimate of drug-likeness (QED) is 0.297. The molecular formula is C20H14N4Ru2. The molecule has 0 aromatic carbocycles. The first-order chi connectivity index (χ1) is 11.8. The molecular weight excluding hydrogens is 498 g/mol. The third kappa shape index (κ3) is 3.82. The summed E-state index contributed by atoms with van der Waals surface area (Å²) in [5, 5.41) is 0. The van der Waals surface area contributed by atoms with Gasteiger partial charge >= 0.3 is 0 Å². The molecule has 0 amide bonds. The summed E-state index contributed by atoms with van der Waals surface area (Å²) in [7, 11) is 0. The van der Waals surface area contributed by atoms with E-state index in [1.165, 1.54) is 0 Å². The Morgan fingerprint density at radius 2 is 0.808 bits per heavy atom. The van der Waals surface area contributed by atoms with Crippen molar-refractivity contribution in [3.63, 3.8) is 0 Å². The molecule has 0 unspecified atom stereocenters. The zero-order valence-electron chi connectivity index (χ0n) is 13.5. The Labute approximate surface area is 176 Å². The molecule has 26 heavy (non-hydrogen) atoms. The van der Waals surface area contributed by atoms with E-state index in [4.69, 9.17) is 0 Å². The van der Waals surface area contributed by atoms with Crippen LogP contribution in [0.2, 0.25) is 0 Å². The average molecular weight is 512 g/mol. The smallest absolute Gasteiger partial charge is 0.0659 e. The Kier molecular flexibility index (Phi) is 5.46. The molecule has 0 spiro atoms. The molecule has 130 valence electrons. The van der Waals surface area contributed by atoms with Crippen LogP contribution in [0.25, 0.3) is 46.4 Å². The van der Waals surface area contributed by atoms with Crippen LogP contribution in [0.15, 0.2) is 48.5 Å². The van der Waals surface area contributed by atoms with Crippen LogP contribution in [-0.2, 0) is 39.0 Å². The summed E-state index contributed by atoms with van der Waals surface area (Å²) in [6.07, 6.45) is 8.05. The number of hydrogen-bond acceptors (Lipinski definition) is 2. The summed E-state index contributed by atoms with van der Waals surface area (Å²) in [6, 6.07) is 16.4. The minimum absolute atomic E-state index is 0. The molecule has 8 bridgehead atoms. The van der Waals surface area contributed by atoms with Crippen molar-refractivity contribution in [2.75, 3.05) is 0 Å². The zero-order chi connectivity index (χ0) is 15.9. The molecule has 2 N–H and O–H groups in total. The first-order valence-corrected chi connectivity index (χ1v) is 7.85. The van der Waals surface area contributed by atoms with E-state index in [-0.39, 0.29) is 39.0 Å². The molecule has 3 aromatic rings. The standard InChI is InChI=1S/C20H14N4.2Ru/c1-2-14-10-16-5-6-18(23-16)12-20-8-7-19(24-20)11-17-4-3-15(22-17)9-13(1)21-14;;/h1-12,21-22H;;. The summed E-state index contributed by atoms with van der Waals surface area (Å²) in [6.45, 7) is 0. The van der Waals surface area contributed by atoms with E-state index in [2.05, 4.69) is 50.3 Å². The van der Waals surface area contributed by atoms with Gasteiger partial charge in [-0.1, -0.05) is 0 Å². The molecule has 0 atom stereocenters. The van der Waals surface area contributed by atoms with Crippen molar-refractivity contribution in [1.29, 1.82) is 0 Å². The molecule has 5 rings (SSSR count). The summed E-state index contributed by atoms with van der Waals surface area (Å²) in [5.41, 5.74) is 7.86. The third-order valence-corrected chi connectivity index (χ3v) is 4.04. The average Bonchev–Trinajstić information content (AvgIpc) is 3.32. The van der Waals surface area contributed by atoms with Gasteiger partial charge in [-0.05, 0) is 72.8 Å². The Hall–Kier alpha value is -2.15. The van der Waals surface area contributed by atoms with Crippen molar-refractivity contribution in [2.45, 2.75) is 0 Å². The van der Waals surface area contributed by atoms with Gasteiger partial charge in [-0.15, -0.1) is 0 Å². The van der Waals surface area contributed by atoms with Gasteiger partial charge in [0.05, 0.1) is 22.8 Å². The van der Waals surface area contributed by atoms with Crippen LogP contribution in [0.1, 0.15) is 22.8 Å². The van der Waals surface area contributed by atoms with Crippen LogP contribution in [0.3, 0.4) is 0 Å². The summed E-state index contributed by atoms with van der Waals surface area (Å²) in [4.78, 5) is 16.0. The van der Waals surface area contributed by atoms with Crippen LogP contribution < -0.4 is 0 Å². The second-order valence-corrected chi connectivity index (χ2v) is 5.91. The Balaban J connectivity index is 0.000000980. The first-order valence-electron chi connectivity index (χ1n) is 7.85. The molecule has 3 aromatic heterocycles. The topological polar surface area (TPSA) is 57.4 Å². The Morgan fingerprint density at radius 1 is 0.462 bits per heavy atom. The van der Waals surface area contributed by atoms with E-state index >= 15 is 0 Å². The molecule has 0 aliphatic carbocycles. The predicted molar refractivity (Wildman–Crippen MR) is 98.9 cm³/mol. The zero-order valence-corrected chi connectivity index (χ0v) is 17.0. The second kappa shape index (κ2) is 7.61. The van der Waals surface area contributed by atoms with Crippen molar-refractivity contribution in [3.05, 3.63) is 71.3 Å². The number of aromatic nitrogens is 4. The summed E-state index contributed by atoms with van der Waals surface area (Å²) >= 11 is 0. The SMILES string of the molecule is C1=Cc2cc3ccc(cc4ccc(cc5nc(cc1n2)C=C5)[nH]4)[nH]3.[Ru].[Ru]. The van der Waals surface area contributed by atoms with E-state index in [0.29, 0.717) is 0 Å². The van der Waals surface area contributed by atoms with Crippen LogP contribution in [-0.4, -0.2) is 19.9 Å². The van der Waals surface area contributed by atoms with Gasteiger partial charge in [-0.25, -0.2) is 9.97 Å². The normalized spacial score (nSPS) is 11.7. The van der Waals surface area contributed by atoms with E-state index in [1.54, 1.807) is 0 Å². The van der Waals surface area contributed by atoms with Gasteiger partial charge in [0.15, 0.2) is 0 Å². The molecule has 2 aliphatic heterocycles. The minimum atomic E-state index is 0. The van der Waals surface area contributed by atoms with Gasteiger partial charge in [0.25, 0.3) is 0 Å². The van der Waals surface area contributed by atoms with Gasteiger partial charge in [0.2, 0.25) is 0 Å². The van der Waals surface area contributed by atoms with Crippen molar-refractivity contribution < 1.29 is 39.0 Å². The Morgan fingerprint density at radius 3 is 1.23 bits per heavy atom. The van der Waals surface area contributed by atoms with Gasteiger partial charge in [-0.3, -0.25) is 0 Å².